The van der Waals surface area contributed by atoms with Crippen LogP contribution < -0.4 is 0 Å². The van der Waals surface area contributed by atoms with Gasteiger partial charge in [-0.2, -0.15) is 0 Å². The van der Waals surface area contributed by atoms with Crippen molar-refractivity contribution in [3.63, 3.8) is 0 Å². The van der Waals surface area contributed by atoms with Gasteiger partial charge in [0.05, 0.1) is 4.47 Å². The van der Waals surface area contributed by atoms with Crippen molar-refractivity contribution >= 4 is 26.7 Å². The summed E-state index contributed by atoms with van der Waals surface area (Å²) in [6.45, 7) is 0. The minimum absolute atomic E-state index is 0.253. The second kappa shape index (κ2) is 5.31. The molecule has 1 atom stereocenters. The summed E-state index contributed by atoms with van der Waals surface area (Å²) >= 11 is 3.14. The molecule has 0 bridgehead atoms. The fraction of sp³-hybridized carbons (Fsp3) is 0.0625. The number of aliphatic hydroxyl groups excluding tert-OH is 1. The van der Waals surface area contributed by atoms with Crippen molar-refractivity contribution in [1.29, 1.82) is 0 Å². The van der Waals surface area contributed by atoms with E-state index in [2.05, 4.69) is 20.9 Å². The molecule has 1 N–H and O–H groups in total. The van der Waals surface area contributed by atoms with Gasteiger partial charge in [0.25, 0.3) is 0 Å². The van der Waals surface area contributed by atoms with Crippen LogP contribution in [0.5, 0.6) is 0 Å². The molecule has 0 fully saturated rings. The van der Waals surface area contributed by atoms with E-state index in [1.54, 1.807) is 36.7 Å². The number of aromatic nitrogens is 1. The average molecular weight is 332 g/mol. The van der Waals surface area contributed by atoms with Gasteiger partial charge in [-0.15, -0.1) is 0 Å². The predicted octanol–water partition coefficient (Wildman–Crippen LogP) is 4.22. The zero-order valence-electron chi connectivity index (χ0n) is 10.4. The van der Waals surface area contributed by atoms with Crippen LogP contribution in [0.3, 0.4) is 0 Å². The number of fused-ring (bicyclic) bond motifs is 1. The Balaban J connectivity index is 2.18. The van der Waals surface area contributed by atoms with Crippen molar-refractivity contribution in [2.45, 2.75) is 6.10 Å². The Morgan fingerprint density at radius 3 is 2.65 bits per heavy atom. The van der Waals surface area contributed by atoms with Crippen LogP contribution in [0.4, 0.5) is 4.39 Å². The molecule has 1 heterocycles. The van der Waals surface area contributed by atoms with E-state index in [0.717, 1.165) is 10.8 Å². The third-order valence-corrected chi connectivity index (χ3v) is 3.90. The number of hydrogen-bond acceptors (Lipinski definition) is 2. The molecule has 100 valence electrons. The summed E-state index contributed by atoms with van der Waals surface area (Å²) in [6.07, 6.45) is 2.37. The smallest absolute Gasteiger partial charge is 0.143 e. The minimum Gasteiger partial charge on any atom is -0.384 e. The lowest BCUT2D eigenvalue weighted by Crippen LogP contribution is -2.03. The molecule has 1 aromatic heterocycles. The fourth-order valence-electron chi connectivity index (χ4n) is 2.29. The molecule has 3 aromatic rings. The Bertz CT molecular complexity index is 770. The van der Waals surface area contributed by atoms with E-state index in [9.17, 15) is 9.50 Å². The SMILES string of the molecule is OC(c1cccc(Br)c1F)c1cccc2cnccc12. The van der Waals surface area contributed by atoms with Crippen LogP contribution in [0.1, 0.15) is 17.2 Å². The second-order valence-electron chi connectivity index (χ2n) is 4.49. The van der Waals surface area contributed by atoms with Gasteiger partial charge in [0.2, 0.25) is 0 Å². The lowest BCUT2D eigenvalue weighted by atomic mass is 9.96. The summed E-state index contributed by atoms with van der Waals surface area (Å²) in [7, 11) is 0. The highest BCUT2D eigenvalue weighted by Gasteiger charge is 2.18. The molecule has 0 aliphatic carbocycles. The third-order valence-electron chi connectivity index (χ3n) is 3.29. The normalized spacial score (nSPS) is 12.6. The average Bonchev–Trinajstić information content (AvgIpc) is 2.49. The summed E-state index contributed by atoms with van der Waals surface area (Å²) < 4.78 is 14.5. The zero-order valence-corrected chi connectivity index (χ0v) is 12.0. The molecule has 3 rings (SSSR count). The van der Waals surface area contributed by atoms with Crippen molar-refractivity contribution in [3.05, 3.63) is 76.3 Å². The summed E-state index contributed by atoms with van der Waals surface area (Å²) in [5.74, 6) is -0.439. The topological polar surface area (TPSA) is 33.1 Å². The Morgan fingerprint density at radius 2 is 1.80 bits per heavy atom. The number of rotatable bonds is 2. The van der Waals surface area contributed by atoms with Gasteiger partial charge in [0.15, 0.2) is 0 Å². The van der Waals surface area contributed by atoms with Crippen LogP contribution in [-0.2, 0) is 0 Å². The van der Waals surface area contributed by atoms with Crippen LogP contribution in [0.25, 0.3) is 10.8 Å². The van der Waals surface area contributed by atoms with Gasteiger partial charge in [-0.05, 0) is 39.0 Å². The molecule has 0 saturated carbocycles. The van der Waals surface area contributed by atoms with Gasteiger partial charge in [0.1, 0.15) is 11.9 Å². The van der Waals surface area contributed by atoms with E-state index >= 15 is 0 Å². The van der Waals surface area contributed by atoms with Gasteiger partial charge < -0.3 is 5.11 Å². The highest BCUT2D eigenvalue weighted by atomic mass is 79.9. The first-order valence-corrected chi connectivity index (χ1v) is 6.92. The first-order valence-electron chi connectivity index (χ1n) is 6.13. The third kappa shape index (κ3) is 2.21. The maximum absolute atomic E-state index is 14.1. The van der Waals surface area contributed by atoms with Gasteiger partial charge in [-0.25, -0.2) is 4.39 Å². The number of pyridine rings is 1. The maximum atomic E-state index is 14.1. The Morgan fingerprint density at radius 1 is 1.05 bits per heavy atom. The molecule has 2 aromatic carbocycles. The van der Waals surface area contributed by atoms with Gasteiger partial charge >= 0.3 is 0 Å². The largest absolute Gasteiger partial charge is 0.384 e. The summed E-state index contributed by atoms with van der Waals surface area (Å²) in [6, 6.07) is 12.3. The van der Waals surface area contributed by atoms with Crippen molar-refractivity contribution in [2.75, 3.05) is 0 Å². The van der Waals surface area contributed by atoms with Crippen LogP contribution in [0.15, 0.2) is 59.3 Å². The number of halogens is 2. The lowest BCUT2D eigenvalue weighted by molar-refractivity contribution is 0.216. The number of hydrogen-bond donors (Lipinski definition) is 1. The molecule has 0 aliphatic rings. The molecular weight excluding hydrogens is 321 g/mol. The van der Waals surface area contributed by atoms with E-state index < -0.39 is 11.9 Å². The van der Waals surface area contributed by atoms with Gasteiger partial charge in [-0.1, -0.05) is 30.3 Å². The van der Waals surface area contributed by atoms with Crippen molar-refractivity contribution in [1.82, 2.24) is 4.98 Å². The van der Waals surface area contributed by atoms with E-state index in [1.807, 2.05) is 18.2 Å². The molecule has 0 amide bonds. The summed E-state index contributed by atoms with van der Waals surface area (Å²) in [4.78, 5) is 4.05. The lowest BCUT2D eigenvalue weighted by Gasteiger charge is -2.15. The van der Waals surface area contributed by atoms with Crippen LogP contribution >= 0.6 is 15.9 Å². The molecule has 4 heteroatoms. The minimum atomic E-state index is -1.02. The Kier molecular flexibility index (Phi) is 3.51. The molecule has 2 nitrogen and oxygen atoms in total. The number of nitrogens with zero attached hydrogens (tertiary/aromatic N) is 1. The molecule has 0 radical (unpaired) electrons. The Labute approximate surface area is 124 Å². The Hall–Kier alpha value is -1.78. The molecule has 20 heavy (non-hydrogen) atoms. The fourth-order valence-corrected chi connectivity index (χ4v) is 2.67. The molecule has 0 saturated heterocycles. The number of benzene rings is 2. The zero-order chi connectivity index (χ0) is 14.1. The molecule has 0 aliphatic heterocycles. The highest BCUT2D eigenvalue weighted by molar-refractivity contribution is 9.10. The van der Waals surface area contributed by atoms with Crippen molar-refractivity contribution in [2.24, 2.45) is 0 Å². The maximum Gasteiger partial charge on any atom is 0.143 e. The molecular formula is C16H11BrFNO. The second-order valence-corrected chi connectivity index (χ2v) is 5.34. The van der Waals surface area contributed by atoms with E-state index in [0.29, 0.717) is 10.0 Å². The van der Waals surface area contributed by atoms with Crippen LogP contribution in [0.2, 0.25) is 0 Å². The summed E-state index contributed by atoms with van der Waals surface area (Å²) in [5.41, 5.74) is 0.922. The van der Waals surface area contributed by atoms with E-state index in [-0.39, 0.29) is 5.56 Å². The monoisotopic (exact) mass is 331 g/mol. The highest BCUT2D eigenvalue weighted by Crippen LogP contribution is 2.31. The first-order chi connectivity index (χ1) is 9.68. The van der Waals surface area contributed by atoms with Gasteiger partial charge in [-0.3, -0.25) is 4.98 Å². The number of aliphatic hydroxyl groups is 1. The first kappa shape index (κ1) is 13.2. The van der Waals surface area contributed by atoms with E-state index in [1.165, 1.54) is 0 Å². The predicted molar refractivity (Wildman–Crippen MR) is 79.9 cm³/mol. The standard InChI is InChI=1S/C16H11BrFNO/c17-14-6-2-5-13(15(14)18)16(20)12-4-1-3-10-9-19-8-7-11(10)12/h1-9,16,20H. The molecule has 1 unspecified atom stereocenters. The van der Waals surface area contributed by atoms with E-state index in [4.69, 9.17) is 0 Å². The van der Waals surface area contributed by atoms with Gasteiger partial charge in [0, 0.05) is 23.3 Å². The quantitative estimate of drug-likeness (QED) is 0.762. The van der Waals surface area contributed by atoms with Crippen molar-refractivity contribution in [3.8, 4) is 0 Å². The van der Waals surface area contributed by atoms with Crippen LogP contribution in [0, 0.1) is 5.82 Å². The van der Waals surface area contributed by atoms with Crippen LogP contribution in [-0.4, -0.2) is 10.1 Å². The van der Waals surface area contributed by atoms with Crippen molar-refractivity contribution < 1.29 is 9.50 Å². The molecule has 0 spiro atoms. The summed E-state index contributed by atoms with van der Waals surface area (Å²) in [5, 5.41) is 12.3.